The van der Waals surface area contributed by atoms with Crippen molar-refractivity contribution in [3.8, 4) is 0 Å². The van der Waals surface area contributed by atoms with Crippen molar-refractivity contribution in [2.45, 2.75) is 83.8 Å². The lowest BCUT2D eigenvalue weighted by Gasteiger charge is -2.28. The van der Waals surface area contributed by atoms with Gasteiger partial charge < -0.3 is 34.7 Å². The molecule has 13 nitrogen and oxygen atoms in total. The van der Waals surface area contributed by atoms with Gasteiger partial charge in [-0.25, -0.2) is 19.0 Å². The molecule has 2 aromatic heterocycles. The zero-order valence-corrected chi connectivity index (χ0v) is 21.6. The lowest BCUT2D eigenvalue weighted by atomic mass is 9.98. The first-order valence-electron chi connectivity index (χ1n) is 11.3. The summed E-state index contributed by atoms with van der Waals surface area (Å²) in [6, 6.07) is 0. The molecule has 4 atom stereocenters. The highest BCUT2D eigenvalue weighted by molar-refractivity contribution is 5.84. The van der Waals surface area contributed by atoms with E-state index >= 15 is 4.39 Å². The van der Waals surface area contributed by atoms with E-state index in [1.165, 1.54) is 17.8 Å². The Morgan fingerprint density at radius 3 is 2.36 bits per heavy atom. The first kappa shape index (κ1) is 27.2. The molecule has 0 bridgehead atoms. The van der Waals surface area contributed by atoms with Gasteiger partial charge in [-0.15, -0.1) is 0 Å². The van der Waals surface area contributed by atoms with Crippen LogP contribution < -0.4 is 11.1 Å². The Balaban J connectivity index is 1.94. The zero-order chi connectivity index (χ0) is 27.1. The van der Waals surface area contributed by atoms with Crippen LogP contribution in [-0.2, 0) is 23.7 Å². The van der Waals surface area contributed by atoms with Crippen molar-refractivity contribution >= 4 is 35.2 Å². The predicted molar refractivity (Wildman–Crippen MR) is 126 cm³/mol. The molecule has 1 aliphatic rings. The van der Waals surface area contributed by atoms with E-state index < -0.39 is 54.2 Å². The average molecular weight is 513 g/mol. The van der Waals surface area contributed by atoms with Gasteiger partial charge in [-0.2, -0.15) is 9.97 Å². The van der Waals surface area contributed by atoms with Crippen LogP contribution in [0.25, 0.3) is 11.2 Å². The van der Waals surface area contributed by atoms with Gasteiger partial charge in [0.15, 0.2) is 35.0 Å². The minimum Gasteiger partial charge on any atom is -0.431 e. The Hall–Kier alpha value is -3.42. The fourth-order valence-corrected chi connectivity index (χ4v) is 3.62. The van der Waals surface area contributed by atoms with E-state index in [-0.39, 0.29) is 11.6 Å². The van der Waals surface area contributed by atoms with E-state index in [4.69, 9.17) is 29.4 Å². The molecular formula is C22H33FN6O7. The van der Waals surface area contributed by atoms with Gasteiger partial charge in [0, 0.05) is 7.05 Å². The maximum Gasteiger partial charge on any atom is 0.509 e. The highest BCUT2D eigenvalue weighted by atomic mass is 19.1. The molecule has 0 amide bonds. The van der Waals surface area contributed by atoms with Crippen molar-refractivity contribution in [2.24, 2.45) is 0 Å². The van der Waals surface area contributed by atoms with Crippen LogP contribution in [0.3, 0.4) is 0 Å². The van der Waals surface area contributed by atoms with Gasteiger partial charge in [-0.3, -0.25) is 4.57 Å². The molecule has 0 saturated carbocycles. The van der Waals surface area contributed by atoms with Crippen LogP contribution in [0.4, 0.5) is 25.7 Å². The molecule has 1 aliphatic heterocycles. The molecule has 14 heteroatoms. The van der Waals surface area contributed by atoms with E-state index in [9.17, 15) is 9.59 Å². The standard InChI is InChI=1S/C22H33FN6O7/c1-20(2,3)35-18(30)32-9-11-13(34-19(31)36-21(4,5)6)22(7,23)16(33-11)29-10-26-12-14(25-8)27-17(24)28-15(12)29/h10-11,13,16H,9H2,1-8H3,(H3,24,25,27,28)/t11-,13-,16-,22-/m1/s1. The van der Waals surface area contributed by atoms with Crippen molar-refractivity contribution in [1.82, 2.24) is 19.5 Å². The van der Waals surface area contributed by atoms with Crippen LogP contribution in [0.15, 0.2) is 6.33 Å². The summed E-state index contributed by atoms with van der Waals surface area (Å²) < 4.78 is 44.5. The van der Waals surface area contributed by atoms with Crippen molar-refractivity contribution in [2.75, 3.05) is 24.7 Å². The molecule has 0 unspecified atom stereocenters. The van der Waals surface area contributed by atoms with Gasteiger partial charge in [0.05, 0.1) is 6.33 Å². The number of anilines is 2. The number of carbonyl (C=O) groups is 2. The number of halogens is 1. The number of nitrogens with two attached hydrogens (primary N) is 1. The van der Waals surface area contributed by atoms with Crippen LogP contribution in [-0.4, -0.2) is 74.6 Å². The first-order valence-corrected chi connectivity index (χ1v) is 11.3. The van der Waals surface area contributed by atoms with Crippen LogP contribution in [0.1, 0.15) is 54.7 Å². The number of alkyl halides is 1. The molecule has 1 fully saturated rings. The van der Waals surface area contributed by atoms with E-state index in [1.807, 2.05) is 0 Å². The molecular weight excluding hydrogens is 479 g/mol. The first-order chi connectivity index (χ1) is 16.5. The van der Waals surface area contributed by atoms with Crippen LogP contribution in [0.2, 0.25) is 0 Å². The molecule has 0 aromatic carbocycles. The Bertz CT molecular complexity index is 1120. The number of aromatic nitrogens is 4. The lowest BCUT2D eigenvalue weighted by Crippen LogP contribution is -2.45. The SMILES string of the molecule is CNc1nc(N)nc2c1ncn2[C@@H]1O[C@H](COC(=O)OC(C)(C)C)[C@@H](OC(=O)OC(C)(C)C)[C@@]1(C)F. The summed E-state index contributed by atoms with van der Waals surface area (Å²) in [4.78, 5) is 37.0. The fourth-order valence-electron chi connectivity index (χ4n) is 3.62. The molecule has 0 spiro atoms. The number of imidazole rings is 1. The van der Waals surface area contributed by atoms with Crippen molar-refractivity contribution in [1.29, 1.82) is 0 Å². The number of hydrogen-bond acceptors (Lipinski definition) is 12. The van der Waals surface area contributed by atoms with Crippen LogP contribution in [0.5, 0.6) is 0 Å². The van der Waals surface area contributed by atoms with E-state index in [0.717, 1.165) is 0 Å². The number of nitrogens with zero attached hydrogens (tertiary/aromatic N) is 4. The van der Waals surface area contributed by atoms with Crippen LogP contribution >= 0.6 is 0 Å². The van der Waals surface area contributed by atoms with Gasteiger partial charge in [0.25, 0.3) is 0 Å². The normalized spacial score (nSPS) is 24.4. The monoisotopic (exact) mass is 512 g/mol. The second-order valence-corrected chi connectivity index (χ2v) is 10.5. The third kappa shape index (κ3) is 6.04. The second kappa shape index (κ2) is 9.56. The number of fused-ring (bicyclic) bond motifs is 1. The van der Waals surface area contributed by atoms with E-state index in [0.29, 0.717) is 11.3 Å². The quantitative estimate of drug-likeness (QED) is 0.563. The van der Waals surface area contributed by atoms with Crippen molar-refractivity contribution < 1.29 is 37.7 Å². The summed E-state index contributed by atoms with van der Waals surface area (Å²) >= 11 is 0. The van der Waals surface area contributed by atoms with Crippen LogP contribution in [0, 0.1) is 0 Å². The largest absolute Gasteiger partial charge is 0.509 e. The summed E-state index contributed by atoms with van der Waals surface area (Å²) in [7, 11) is 1.63. The topological polar surface area (TPSA) is 162 Å². The summed E-state index contributed by atoms with van der Waals surface area (Å²) in [5.74, 6) is 0.264. The summed E-state index contributed by atoms with van der Waals surface area (Å²) in [6.07, 6.45) is -4.92. The summed E-state index contributed by atoms with van der Waals surface area (Å²) in [5.41, 5.74) is 2.28. The Morgan fingerprint density at radius 2 is 1.78 bits per heavy atom. The Morgan fingerprint density at radius 1 is 1.17 bits per heavy atom. The lowest BCUT2D eigenvalue weighted by molar-refractivity contribution is -0.0819. The van der Waals surface area contributed by atoms with E-state index in [1.54, 1.807) is 48.6 Å². The van der Waals surface area contributed by atoms with E-state index in [2.05, 4.69) is 20.3 Å². The maximum absolute atomic E-state index is 16.4. The number of ether oxygens (including phenoxy) is 5. The molecule has 0 radical (unpaired) electrons. The molecule has 3 heterocycles. The average Bonchev–Trinajstić information content (AvgIpc) is 3.22. The van der Waals surface area contributed by atoms with Gasteiger partial charge in [0.1, 0.15) is 23.9 Å². The zero-order valence-electron chi connectivity index (χ0n) is 21.6. The highest BCUT2D eigenvalue weighted by Gasteiger charge is 2.59. The van der Waals surface area contributed by atoms with Gasteiger partial charge in [-0.05, 0) is 48.5 Å². The Kier molecular flexibility index (Phi) is 7.22. The number of rotatable bonds is 5. The summed E-state index contributed by atoms with van der Waals surface area (Å²) in [5, 5.41) is 2.85. The fraction of sp³-hybridized carbons (Fsp3) is 0.682. The third-order valence-electron chi connectivity index (χ3n) is 4.98. The molecule has 2 aromatic rings. The predicted octanol–water partition coefficient (Wildman–Crippen LogP) is 3.35. The number of carbonyl (C=O) groups excluding carboxylic acids is 2. The van der Waals surface area contributed by atoms with Gasteiger partial charge >= 0.3 is 12.3 Å². The molecule has 3 rings (SSSR count). The van der Waals surface area contributed by atoms with Gasteiger partial charge in [0.2, 0.25) is 5.95 Å². The molecule has 3 N–H and O–H groups in total. The number of nitrogens with one attached hydrogen (secondary N) is 1. The molecule has 200 valence electrons. The third-order valence-corrected chi connectivity index (χ3v) is 4.98. The number of hydrogen-bond donors (Lipinski definition) is 2. The van der Waals surface area contributed by atoms with Gasteiger partial charge in [-0.1, -0.05) is 0 Å². The highest BCUT2D eigenvalue weighted by Crippen LogP contribution is 2.44. The molecule has 1 saturated heterocycles. The molecule has 0 aliphatic carbocycles. The van der Waals surface area contributed by atoms with Crippen molar-refractivity contribution in [3.63, 3.8) is 0 Å². The Labute approximate surface area is 207 Å². The summed E-state index contributed by atoms with van der Waals surface area (Å²) in [6.45, 7) is 10.6. The smallest absolute Gasteiger partial charge is 0.431 e. The maximum atomic E-state index is 16.4. The second-order valence-electron chi connectivity index (χ2n) is 10.5. The van der Waals surface area contributed by atoms with Crippen molar-refractivity contribution in [3.05, 3.63) is 6.33 Å². The molecule has 36 heavy (non-hydrogen) atoms. The minimum atomic E-state index is -2.34. The minimum absolute atomic E-state index is 0.0708. The number of nitrogen functional groups attached to an aromatic ring is 1.